The average Bonchev–Trinajstić information content (AvgIpc) is 3.73. The molecule has 1 saturated carbocycles. The number of para-hydroxylation sites is 1. The molecule has 11 nitrogen and oxygen atoms in total. The summed E-state index contributed by atoms with van der Waals surface area (Å²) >= 11 is 0. The summed E-state index contributed by atoms with van der Waals surface area (Å²) in [7, 11) is -0.565. The SMILES string of the molecule is COc1ccc(CN2C[C@@H]3CCN(S(=O)(=O)c4ccn(C)n4)C[C@@H]3Oc3c(NC(=O)C4CC4)cccc3C2=O)cc1. The minimum absolute atomic E-state index is 0.0154. The minimum Gasteiger partial charge on any atom is -0.497 e. The number of nitrogens with one attached hydrogen (secondary N) is 1. The molecule has 1 aliphatic carbocycles. The first kappa shape index (κ1) is 27.3. The Morgan fingerprint density at radius 1 is 1.10 bits per heavy atom. The molecule has 1 saturated heterocycles. The number of hydrogen-bond acceptors (Lipinski definition) is 7. The Hall–Kier alpha value is -3.90. The van der Waals surface area contributed by atoms with Gasteiger partial charge >= 0.3 is 0 Å². The predicted octanol–water partition coefficient (Wildman–Crippen LogP) is 2.89. The molecular formula is C29H33N5O6S. The van der Waals surface area contributed by atoms with Gasteiger partial charge in [0.05, 0.1) is 24.9 Å². The van der Waals surface area contributed by atoms with Crippen molar-refractivity contribution in [3.63, 3.8) is 0 Å². The zero-order valence-corrected chi connectivity index (χ0v) is 23.8. The van der Waals surface area contributed by atoms with E-state index in [1.165, 1.54) is 15.1 Å². The summed E-state index contributed by atoms with van der Waals surface area (Å²) < 4.78 is 41.6. The molecule has 3 aromatic rings. The highest BCUT2D eigenvalue weighted by atomic mass is 32.2. The average molecular weight is 580 g/mol. The number of hydrogen-bond donors (Lipinski definition) is 1. The summed E-state index contributed by atoms with van der Waals surface area (Å²) in [5.74, 6) is 0.518. The number of carbonyl (C=O) groups is 2. The number of benzene rings is 2. The van der Waals surface area contributed by atoms with Gasteiger partial charge < -0.3 is 19.7 Å². The molecule has 0 radical (unpaired) electrons. The first-order valence-electron chi connectivity index (χ1n) is 13.8. The normalized spacial score (nSPS) is 21.2. The van der Waals surface area contributed by atoms with Crippen LogP contribution in [-0.4, -0.2) is 72.1 Å². The second kappa shape index (κ2) is 10.8. The van der Waals surface area contributed by atoms with Gasteiger partial charge in [-0.25, -0.2) is 8.42 Å². The number of ether oxygens (including phenoxy) is 2. The third kappa shape index (κ3) is 5.53. The topological polar surface area (TPSA) is 123 Å². The van der Waals surface area contributed by atoms with E-state index >= 15 is 0 Å². The molecule has 0 unspecified atom stereocenters. The maximum atomic E-state index is 14.0. The van der Waals surface area contributed by atoms with Crippen molar-refractivity contribution in [1.29, 1.82) is 0 Å². The number of methoxy groups -OCH3 is 1. The second-order valence-corrected chi connectivity index (χ2v) is 12.8. The third-order valence-corrected chi connectivity index (χ3v) is 9.71. The Kier molecular flexibility index (Phi) is 7.20. The van der Waals surface area contributed by atoms with Gasteiger partial charge in [0.2, 0.25) is 5.91 Å². The molecule has 3 aliphatic rings. The zero-order chi connectivity index (χ0) is 28.7. The first-order chi connectivity index (χ1) is 19.7. The van der Waals surface area contributed by atoms with Crippen LogP contribution in [0.3, 0.4) is 0 Å². The number of nitrogens with zero attached hydrogens (tertiary/aromatic N) is 4. The van der Waals surface area contributed by atoms with Crippen LogP contribution in [0, 0.1) is 11.8 Å². The number of piperidine rings is 1. The lowest BCUT2D eigenvalue weighted by atomic mass is 9.92. The Morgan fingerprint density at radius 2 is 1.88 bits per heavy atom. The van der Waals surface area contributed by atoms with Crippen LogP contribution < -0.4 is 14.8 Å². The lowest BCUT2D eigenvalue weighted by Gasteiger charge is -2.42. The van der Waals surface area contributed by atoms with Crippen molar-refractivity contribution in [2.24, 2.45) is 18.9 Å². The summed E-state index contributed by atoms with van der Waals surface area (Å²) in [6.45, 7) is 1.13. The molecule has 2 amide bonds. The van der Waals surface area contributed by atoms with Gasteiger partial charge in [-0.3, -0.25) is 14.3 Å². The van der Waals surface area contributed by atoms with Crippen molar-refractivity contribution in [2.75, 3.05) is 32.1 Å². The van der Waals surface area contributed by atoms with E-state index in [1.807, 2.05) is 24.3 Å². The van der Waals surface area contributed by atoms with Crippen molar-refractivity contribution in [3.8, 4) is 11.5 Å². The van der Waals surface area contributed by atoms with E-state index in [4.69, 9.17) is 9.47 Å². The summed E-state index contributed by atoms with van der Waals surface area (Å²) in [4.78, 5) is 28.5. The van der Waals surface area contributed by atoms with Gasteiger partial charge in [-0.05, 0) is 55.2 Å². The fourth-order valence-corrected chi connectivity index (χ4v) is 6.87. The van der Waals surface area contributed by atoms with E-state index < -0.39 is 16.1 Å². The van der Waals surface area contributed by atoms with Crippen LogP contribution in [0.25, 0.3) is 0 Å². The largest absolute Gasteiger partial charge is 0.497 e. The fourth-order valence-electron chi connectivity index (χ4n) is 5.45. The van der Waals surface area contributed by atoms with Crippen LogP contribution in [0.2, 0.25) is 0 Å². The molecule has 1 aromatic heterocycles. The molecular weight excluding hydrogens is 546 g/mol. The highest BCUT2D eigenvalue weighted by molar-refractivity contribution is 7.89. The summed E-state index contributed by atoms with van der Waals surface area (Å²) in [5.41, 5.74) is 1.69. The van der Waals surface area contributed by atoms with Crippen LogP contribution in [0.4, 0.5) is 5.69 Å². The monoisotopic (exact) mass is 579 g/mol. The third-order valence-electron chi connectivity index (χ3n) is 7.95. The molecule has 3 heterocycles. The Bertz CT molecular complexity index is 1570. The van der Waals surface area contributed by atoms with Crippen LogP contribution in [0.1, 0.15) is 35.2 Å². The lowest BCUT2D eigenvalue weighted by molar-refractivity contribution is -0.117. The number of aromatic nitrogens is 2. The fraction of sp³-hybridized carbons (Fsp3) is 0.414. The van der Waals surface area contributed by atoms with Gasteiger partial charge in [0.1, 0.15) is 11.9 Å². The molecule has 1 N–H and O–H groups in total. The molecule has 216 valence electrons. The Labute approximate surface area is 239 Å². The smallest absolute Gasteiger partial charge is 0.262 e. The van der Waals surface area contributed by atoms with Gasteiger partial charge in [-0.15, -0.1) is 0 Å². The molecule has 0 bridgehead atoms. The van der Waals surface area contributed by atoms with E-state index in [0.717, 1.165) is 24.2 Å². The zero-order valence-electron chi connectivity index (χ0n) is 23.0. The molecule has 2 aliphatic heterocycles. The molecule has 6 rings (SSSR count). The number of carbonyl (C=O) groups excluding carboxylic acids is 2. The van der Waals surface area contributed by atoms with E-state index in [2.05, 4.69) is 10.4 Å². The molecule has 12 heteroatoms. The van der Waals surface area contributed by atoms with Crippen molar-refractivity contribution in [1.82, 2.24) is 19.0 Å². The van der Waals surface area contributed by atoms with Crippen LogP contribution in [-0.2, 0) is 28.4 Å². The highest BCUT2D eigenvalue weighted by Crippen LogP contribution is 2.39. The maximum absolute atomic E-state index is 14.0. The number of rotatable bonds is 7. The number of aryl methyl sites for hydroxylation is 1. The minimum atomic E-state index is -3.84. The van der Waals surface area contributed by atoms with Crippen LogP contribution in [0.15, 0.2) is 59.8 Å². The highest BCUT2D eigenvalue weighted by Gasteiger charge is 2.42. The number of amides is 2. The summed E-state index contributed by atoms with van der Waals surface area (Å²) in [6.07, 6.45) is 3.21. The van der Waals surface area contributed by atoms with Gasteiger partial charge in [-0.1, -0.05) is 18.2 Å². The van der Waals surface area contributed by atoms with Gasteiger partial charge in [0.15, 0.2) is 10.8 Å². The lowest BCUT2D eigenvalue weighted by Crippen LogP contribution is -2.53. The molecule has 2 atom stereocenters. The molecule has 2 fully saturated rings. The maximum Gasteiger partial charge on any atom is 0.262 e. The van der Waals surface area contributed by atoms with Crippen LogP contribution in [0.5, 0.6) is 11.5 Å². The first-order valence-corrected chi connectivity index (χ1v) is 15.2. The number of sulfonamides is 1. The Balaban J connectivity index is 1.35. The van der Waals surface area contributed by atoms with E-state index in [-0.39, 0.29) is 47.5 Å². The second-order valence-electron chi connectivity index (χ2n) is 10.9. The number of fused-ring (bicyclic) bond motifs is 2. The molecule has 41 heavy (non-hydrogen) atoms. The Morgan fingerprint density at radius 3 is 2.56 bits per heavy atom. The van der Waals surface area contributed by atoms with E-state index in [9.17, 15) is 18.0 Å². The molecule has 0 spiro atoms. The quantitative estimate of drug-likeness (QED) is 0.457. The summed E-state index contributed by atoms with van der Waals surface area (Å²) in [6, 6.07) is 14.2. The van der Waals surface area contributed by atoms with E-state index in [0.29, 0.717) is 30.8 Å². The predicted molar refractivity (Wildman–Crippen MR) is 150 cm³/mol. The van der Waals surface area contributed by atoms with Crippen LogP contribution >= 0.6 is 0 Å². The standard InChI is InChI=1S/C29H33N5O6S/c1-32-14-13-26(31-32)41(37,38)34-15-12-21-17-33(16-19-6-10-22(39-2)11-7-19)29(36)23-4-3-5-24(27(23)40-25(21)18-34)30-28(35)20-8-9-20/h3-7,10-11,13-14,20-21,25H,8-9,12,15-18H2,1-2H3,(H,30,35)/t21-,25-/m0/s1. The summed E-state index contributed by atoms with van der Waals surface area (Å²) in [5, 5.41) is 7.05. The molecule has 2 aromatic carbocycles. The number of anilines is 1. The van der Waals surface area contributed by atoms with Gasteiger partial charge in [0, 0.05) is 44.7 Å². The van der Waals surface area contributed by atoms with Crippen molar-refractivity contribution in [3.05, 3.63) is 65.9 Å². The van der Waals surface area contributed by atoms with Crippen molar-refractivity contribution in [2.45, 2.75) is 36.9 Å². The van der Waals surface area contributed by atoms with Gasteiger partial charge in [0.25, 0.3) is 15.9 Å². The van der Waals surface area contributed by atoms with Gasteiger partial charge in [-0.2, -0.15) is 9.40 Å². The van der Waals surface area contributed by atoms with Crippen molar-refractivity contribution < 1.29 is 27.5 Å². The van der Waals surface area contributed by atoms with E-state index in [1.54, 1.807) is 43.5 Å². The van der Waals surface area contributed by atoms with Crippen molar-refractivity contribution >= 4 is 27.5 Å².